The van der Waals surface area contributed by atoms with E-state index in [1.165, 1.54) is 0 Å². The van der Waals surface area contributed by atoms with E-state index in [2.05, 4.69) is 10.6 Å². The Labute approximate surface area is 124 Å². The summed E-state index contributed by atoms with van der Waals surface area (Å²) in [5.74, 6) is 1.73. The number of methoxy groups -OCH3 is 2. The fourth-order valence-corrected chi connectivity index (χ4v) is 2.26. The first-order chi connectivity index (χ1) is 10.2. The number of carbonyl (C=O) groups is 1. The zero-order valence-corrected chi connectivity index (χ0v) is 12.5. The smallest absolute Gasteiger partial charge is 0.319 e. The highest BCUT2D eigenvalue weighted by atomic mass is 16.5. The largest absolute Gasteiger partial charge is 0.497 e. The van der Waals surface area contributed by atoms with Crippen LogP contribution in [0, 0.1) is 5.92 Å². The molecule has 1 fully saturated rings. The summed E-state index contributed by atoms with van der Waals surface area (Å²) in [7, 11) is 3.14. The molecule has 21 heavy (non-hydrogen) atoms. The lowest BCUT2D eigenvalue weighted by Gasteiger charge is -2.22. The van der Waals surface area contributed by atoms with Crippen LogP contribution in [0.15, 0.2) is 18.2 Å². The van der Waals surface area contributed by atoms with Gasteiger partial charge in [-0.05, 0) is 30.9 Å². The topological polar surface area (TPSA) is 68.8 Å². The Balaban J connectivity index is 1.86. The first-order valence-electron chi connectivity index (χ1n) is 7.07. The van der Waals surface area contributed by atoms with Crippen molar-refractivity contribution in [1.82, 2.24) is 5.32 Å². The maximum Gasteiger partial charge on any atom is 0.319 e. The van der Waals surface area contributed by atoms with Crippen molar-refractivity contribution in [2.45, 2.75) is 12.8 Å². The van der Waals surface area contributed by atoms with E-state index in [1.54, 1.807) is 32.4 Å². The Morgan fingerprint density at radius 3 is 2.71 bits per heavy atom. The van der Waals surface area contributed by atoms with Gasteiger partial charge in [-0.1, -0.05) is 0 Å². The Morgan fingerprint density at radius 2 is 2.05 bits per heavy atom. The third-order valence-corrected chi connectivity index (χ3v) is 3.55. The third kappa shape index (κ3) is 4.53. The van der Waals surface area contributed by atoms with E-state index in [1.807, 2.05) is 0 Å². The molecule has 6 nitrogen and oxygen atoms in total. The van der Waals surface area contributed by atoms with Gasteiger partial charge in [0, 0.05) is 25.8 Å². The number of amides is 2. The minimum absolute atomic E-state index is 0.232. The molecule has 0 bridgehead atoms. The molecule has 0 saturated carbocycles. The van der Waals surface area contributed by atoms with Crippen molar-refractivity contribution in [1.29, 1.82) is 0 Å². The van der Waals surface area contributed by atoms with E-state index in [9.17, 15) is 4.79 Å². The van der Waals surface area contributed by atoms with Crippen LogP contribution in [0.3, 0.4) is 0 Å². The van der Waals surface area contributed by atoms with Crippen LogP contribution < -0.4 is 20.1 Å². The molecule has 2 amide bonds. The van der Waals surface area contributed by atoms with Crippen LogP contribution in [0.25, 0.3) is 0 Å². The number of hydrogen-bond donors (Lipinski definition) is 2. The molecule has 0 radical (unpaired) electrons. The maximum absolute atomic E-state index is 11.9. The van der Waals surface area contributed by atoms with Crippen LogP contribution in [0.1, 0.15) is 12.8 Å². The molecule has 0 aliphatic carbocycles. The first-order valence-corrected chi connectivity index (χ1v) is 7.07. The molecule has 6 heteroatoms. The summed E-state index contributed by atoms with van der Waals surface area (Å²) in [5.41, 5.74) is 0.614. The molecule has 2 rings (SSSR count). The molecule has 1 aliphatic rings. The Bertz CT molecular complexity index is 473. The molecule has 1 aromatic rings. The molecule has 1 saturated heterocycles. The third-order valence-electron chi connectivity index (χ3n) is 3.55. The summed E-state index contributed by atoms with van der Waals surface area (Å²) in [4.78, 5) is 11.9. The van der Waals surface area contributed by atoms with Gasteiger partial charge >= 0.3 is 6.03 Å². The summed E-state index contributed by atoms with van der Waals surface area (Å²) < 4.78 is 15.7. The van der Waals surface area contributed by atoms with Crippen LogP contribution in [0.2, 0.25) is 0 Å². The van der Waals surface area contributed by atoms with Crippen LogP contribution in [-0.2, 0) is 4.74 Å². The van der Waals surface area contributed by atoms with Crippen LogP contribution in [-0.4, -0.2) is 40.0 Å². The second-order valence-electron chi connectivity index (χ2n) is 4.96. The van der Waals surface area contributed by atoms with E-state index in [0.717, 1.165) is 26.1 Å². The number of rotatable bonds is 5. The molecule has 1 aliphatic heterocycles. The van der Waals surface area contributed by atoms with Crippen molar-refractivity contribution in [3.05, 3.63) is 18.2 Å². The summed E-state index contributed by atoms with van der Waals surface area (Å²) in [6, 6.07) is 5.03. The number of ether oxygens (including phenoxy) is 3. The average molecular weight is 294 g/mol. The summed E-state index contributed by atoms with van der Waals surface area (Å²) in [5, 5.41) is 5.68. The lowest BCUT2D eigenvalue weighted by atomic mass is 10.0. The quantitative estimate of drug-likeness (QED) is 0.874. The van der Waals surface area contributed by atoms with Crippen LogP contribution in [0.4, 0.5) is 10.5 Å². The number of nitrogens with one attached hydrogen (secondary N) is 2. The van der Waals surface area contributed by atoms with Crippen LogP contribution in [0.5, 0.6) is 11.5 Å². The molecule has 0 atom stereocenters. The highest BCUT2D eigenvalue weighted by Gasteiger charge is 2.15. The average Bonchev–Trinajstić information content (AvgIpc) is 2.54. The van der Waals surface area contributed by atoms with Crippen LogP contribution >= 0.6 is 0 Å². The highest BCUT2D eigenvalue weighted by molar-refractivity contribution is 5.91. The van der Waals surface area contributed by atoms with E-state index in [0.29, 0.717) is 29.6 Å². The zero-order chi connectivity index (χ0) is 15.1. The van der Waals surface area contributed by atoms with E-state index in [4.69, 9.17) is 14.2 Å². The van der Waals surface area contributed by atoms with Gasteiger partial charge in [-0.3, -0.25) is 0 Å². The Morgan fingerprint density at radius 1 is 1.29 bits per heavy atom. The van der Waals surface area contributed by atoms with Gasteiger partial charge in [-0.2, -0.15) is 0 Å². The number of hydrogen-bond acceptors (Lipinski definition) is 4. The van der Waals surface area contributed by atoms with E-state index < -0.39 is 0 Å². The zero-order valence-electron chi connectivity index (χ0n) is 12.5. The number of urea groups is 1. The Hall–Kier alpha value is -1.95. The lowest BCUT2D eigenvalue weighted by Crippen LogP contribution is -2.35. The first kappa shape index (κ1) is 15.4. The summed E-state index contributed by atoms with van der Waals surface area (Å²) in [6.07, 6.45) is 1.98. The molecule has 1 heterocycles. The predicted octanol–water partition coefficient (Wildman–Crippen LogP) is 2.25. The second kappa shape index (κ2) is 7.73. The molecule has 2 N–H and O–H groups in total. The van der Waals surface area contributed by atoms with Gasteiger partial charge in [0.05, 0.1) is 19.9 Å². The Kier molecular flexibility index (Phi) is 5.68. The number of anilines is 1. The molecular weight excluding hydrogens is 272 g/mol. The van der Waals surface area contributed by atoms with Crippen molar-refractivity contribution >= 4 is 11.7 Å². The SMILES string of the molecule is COc1ccc(NC(=O)NCC2CCOCC2)c(OC)c1. The molecule has 116 valence electrons. The van der Waals surface area contributed by atoms with Crippen molar-refractivity contribution in [3.8, 4) is 11.5 Å². The lowest BCUT2D eigenvalue weighted by molar-refractivity contribution is 0.0671. The molecule has 0 spiro atoms. The fraction of sp³-hybridized carbons (Fsp3) is 0.533. The maximum atomic E-state index is 11.9. The molecular formula is C15H22N2O4. The van der Waals surface area contributed by atoms with Gasteiger partial charge in [0.2, 0.25) is 0 Å². The second-order valence-corrected chi connectivity index (χ2v) is 4.96. The van der Waals surface area contributed by atoms with E-state index in [-0.39, 0.29) is 6.03 Å². The molecule has 0 aromatic heterocycles. The summed E-state index contributed by atoms with van der Waals surface area (Å²) in [6.45, 7) is 2.22. The van der Waals surface area contributed by atoms with Gasteiger partial charge in [-0.15, -0.1) is 0 Å². The molecule has 1 aromatic carbocycles. The normalized spacial score (nSPS) is 15.3. The number of carbonyl (C=O) groups excluding carboxylic acids is 1. The van der Waals surface area contributed by atoms with Crippen molar-refractivity contribution in [2.24, 2.45) is 5.92 Å². The van der Waals surface area contributed by atoms with Gasteiger partial charge in [0.15, 0.2) is 0 Å². The molecule has 0 unspecified atom stereocenters. The van der Waals surface area contributed by atoms with Crippen molar-refractivity contribution in [2.75, 3.05) is 39.3 Å². The van der Waals surface area contributed by atoms with Gasteiger partial charge in [0.25, 0.3) is 0 Å². The number of benzene rings is 1. The van der Waals surface area contributed by atoms with E-state index >= 15 is 0 Å². The van der Waals surface area contributed by atoms with Gasteiger partial charge in [0.1, 0.15) is 11.5 Å². The standard InChI is InChI=1S/C15H22N2O4/c1-19-12-3-4-13(14(9-12)20-2)17-15(18)16-10-11-5-7-21-8-6-11/h3-4,9,11H,5-8,10H2,1-2H3,(H2,16,17,18). The fourth-order valence-electron chi connectivity index (χ4n) is 2.26. The highest BCUT2D eigenvalue weighted by Crippen LogP contribution is 2.28. The minimum Gasteiger partial charge on any atom is -0.497 e. The van der Waals surface area contributed by atoms with Crippen molar-refractivity contribution in [3.63, 3.8) is 0 Å². The van der Waals surface area contributed by atoms with Gasteiger partial charge < -0.3 is 24.8 Å². The predicted molar refractivity (Wildman–Crippen MR) is 80.1 cm³/mol. The van der Waals surface area contributed by atoms with Crippen molar-refractivity contribution < 1.29 is 19.0 Å². The monoisotopic (exact) mass is 294 g/mol. The van der Waals surface area contributed by atoms with Gasteiger partial charge in [-0.25, -0.2) is 4.79 Å². The summed E-state index contributed by atoms with van der Waals surface area (Å²) >= 11 is 0. The minimum atomic E-state index is -0.232.